The molecule has 34 heavy (non-hydrogen) atoms. The molecule has 3 unspecified atom stereocenters. The summed E-state index contributed by atoms with van der Waals surface area (Å²) < 4.78 is 5.33. The third-order valence-corrected chi connectivity index (χ3v) is 7.50. The molecule has 1 heterocycles. The lowest BCUT2D eigenvalue weighted by Crippen LogP contribution is -2.26. The highest BCUT2D eigenvalue weighted by molar-refractivity contribution is 8.15. The summed E-state index contributed by atoms with van der Waals surface area (Å²) in [5, 5.41) is 6.39. The Morgan fingerprint density at radius 2 is 1.71 bits per heavy atom. The summed E-state index contributed by atoms with van der Waals surface area (Å²) in [6.07, 6.45) is 0.480. The Bertz CT molecular complexity index is 1200. The number of ether oxygens (including phenoxy) is 1. The van der Waals surface area contributed by atoms with Crippen molar-refractivity contribution in [2.45, 2.75) is 30.7 Å². The number of imide groups is 1. The molecule has 2 N–H and O–H groups in total. The summed E-state index contributed by atoms with van der Waals surface area (Å²) in [6, 6.07) is 21.5. The van der Waals surface area contributed by atoms with Gasteiger partial charge in [0.1, 0.15) is 5.75 Å². The van der Waals surface area contributed by atoms with Crippen molar-refractivity contribution in [3.63, 3.8) is 0 Å². The van der Waals surface area contributed by atoms with Gasteiger partial charge in [-0.2, -0.15) is 0 Å². The number of methoxy groups -OCH3 is 1. The molecule has 3 atom stereocenters. The quantitative estimate of drug-likeness (QED) is 0.367. The van der Waals surface area contributed by atoms with Gasteiger partial charge in [-0.3, -0.25) is 20.2 Å². The van der Waals surface area contributed by atoms with Crippen molar-refractivity contribution in [3.8, 4) is 5.75 Å². The summed E-state index contributed by atoms with van der Waals surface area (Å²) in [6.45, 7) is 2.07. The van der Waals surface area contributed by atoms with Gasteiger partial charge in [0.25, 0.3) is 5.24 Å². The number of halogens is 2. The summed E-state index contributed by atoms with van der Waals surface area (Å²) in [5.41, 5.74) is 4.11. The van der Waals surface area contributed by atoms with Gasteiger partial charge in [0, 0.05) is 6.04 Å². The maximum absolute atomic E-state index is 12.0. The van der Waals surface area contributed by atoms with E-state index in [1.165, 1.54) is 0 Å². The molecular weight excluding hydrogens is 491 g/mol. The van der Waals surface area contributed by atoms with E-state index in [1.807, 2.05) is 48.5 Å². The highest BCUT2D eigenvalue weighted by atomic mass is 35.5. The van der Waals surface area contributed by atoms with Crippen LogP contribution < -0.4 is 15.4 Å². The van der Waals surface area contributed by atoms with Crippen LogP contribution >= 0.6 is 35.0 Å². The van der Waals surface area contributed by atoms with Crippen LogP contribution in [0.25, 0.3) is 0 Å². The average molecular weight is 515 g/mol. The summed E-state index contributed by atoms with van der Waals surface area (Å²) in [7, 11) is 1.64. The normalized spacial score (nSPS) is 17.4. The maximum atomic E-state index is 12.0. The molecule has 1 fully saturated rings. The van der Waals surface area contributed by atoms with Crippen molar-refractivity contribution in [3.05, 3.63) is 99.0 Å². The average Bonchev–Trinajstić information content (AvgIpc) is 3.15. The van der Waals surface area contributed by atoms with E-state index < -0.39 is 5.25 Å². The smallest absolute Gasteiger partial charge is 0.286 e. The summed E-state index contributed by atoms with van der Waals surface area (Å²) in [5.74, 6) is 0.543. The lowest BCUT2D eigenvalue weighted by molar-refractivity contribution is -0.118. The molecule has 8 heteroatoms. The SMILES string of the molecule is COc1ccc(C(NC(C)c2ccc(Cl)c(Cl)c2)c2cccc(CC3SC(=O)NC3=O)c2)cc1. The zero-order chi connectivity index (χ0) is 24.2. The van der Waals surface area contributed by atoms with Crippen LogP contribution in [0.15, 0.2) is 66.7 Å². The van der Waals surface area contributed by atoms with Crippen molar-refractivity contribution in [1.29, 1.82) is 0 Å². The van der Waals surface area contributed by atoms with Crippen LogP contribution in [0.2, 0.25) is 10.0 Å². The van der Waals surface area contributed by atoms with Gasteiger partial charge in [-0.1, -0.05) is 77.4 Å². The standard InChI is InChI=1S/C26H24Cl2N2O3S/c1-15(18-8-11-21(27)22(28)14-18)29-24(17-6-9-20(33-2)10-7-17)19-5-3-4-16(12-19)13-23-25(31)30-26(32)34-23/h3-12,14-15,23-24,29H,13H2,1-2H3,(H,30,31,32). The van der Waals surface area contributed by atoms with Gasteiger partial charge >= 0.3 is 0 Å². The van der Waals surface area contributed by atoms with Crippen LogP contribution in [0.3, 0.4) is 0 Å². The molecule has 0 spiro atoms. The van der Waals surface area contributed by atoms with Crippen molar-refractivity contribution in [2.24, 2.45) is 0 Å². The van der Waals surface area contributed by atoms with Crippen LogP contribution in [-0.2, 0) is 11.2 Å². The van der Waals surface area contributed by atoms with Crippen molar-refractivity contribution < 1.29 is 14.3 Å². The van der Waals surface area contributed by atoms with Crippen LogP contribution in [0, 0.1) is 0 Å². The summed E-state index contributed by atoms with van der Waals surface area (Å²) in [4.78, 5) is 23.6. The van der Waals surface area contributed by atoms with E-state index >= 15 is 0 Å². The molecule has 0 saturated carbocycles. The van der Waals surface area contributed by atoms with Gasteiger partial charge in [-0.15, -0.1) is 0 Å². The molecule has 3 aromatic rings. The van der Waals surface area contributed by atoms with Crippen molar-refractivity contribution in [1.82, 2.24) is 10.6 Å². The number of rotatable bonds is 8. The monoisotopic (exact) mass is 514 g/mol. The van der Waals surface area contributed by atoms with Crippen LogP contribution in [0.5, 0.6) is 5.75 Å². The van der Waals surface area contributed by atoms with E-state index in [9.17, 15) is 9.59 Å². The molecule has 0 radical (unpaired) electrons. The number of carbonyl (C=O) groups is 2. The first-order chi connectivity index (χ1) is 16.3. The van der Waals surface area contributed by atoms with Gasteiger partial charge in [-0.25, -0.2) is 0 Å². The number of thioether (sulfide) groups is 1. The highest BCUT2D eigenvalue weighted by Crippen LogP contribution is 2.31. The molecule has 1 saturated heterocycles. The number of hydrogen-bond acceptors (Lipinski definition) is 5. The van der Waals surface area contributed by atoms with E-state index in [-0.39, 0.29) is 23.2 Å². The fourth-order valence-electron chi connectivity index (χ4n) is 3.95. The molecule has 1 aliphatic rings. The molecule has 0 aromatic heterocycles. The second-order valence-electron chi connectivity index (χ2n) is 8.10. The van der Waals surface area contributed by atoms with Crippen LogP contribution in [-0.4, -0.2) is 23.5 Å². The van der Waals surface area contributed by atoms with Gasteiger partial charge < -0.3 is 4.74 Å². The Morgan fingerprint density at radius 1 is 0.971 bits per heavy atom. The van der Waals surface area contributed by atoms with Gasteiger partial charge in [0.15, 0.2) is 0 Å². The van der Waals surface area contributed by atoms with E-state index in [4.69, 9.17) is 27.9 Å². The van der Waals surface area contributed by atoms with Crippen molar-refractivity contribution in [2.75, 3.05) is 7.11 Å². The van der Waals surface area contributed by atoms with Gasteiger partial charge in [0.2, 0.25) is 5.91 Å². The molecule has 2 amide bonds. The fourth-order valence-corrected chi connectivity index (χ4v) is 5.12. The first kappa shape index (κ1) is 24.6. The van der Waals surface area contributed by atoms with Gasteiger partial charge in [-0.05, 0) is 59.9 Å². The fraction of sp³-hybridized carbons (Fsp3) is 0.231. The minimum absolute atomic E-state index is 0.0284. The number of amides is 2. The molecule has 0 aliphatic carbocycles. The Labute approximate surface area is 213 Å². The molecule has 0 bridgehead atoms. The molecule has 176 valence electrons. The largest absolute Gasteiger partial charge is 0.497 e. The summed E-state index contributed by atoms with van der Waals surface area (Å²) >= 11 is 13.4. The highest BCUT2D eigenvalue weighted by Gasteiger charge is 2.31. The van der Waals surface area contributed by atoms with E-state index in [1.54, 1.807) is 13.2 Å². The number of nitrogens with one attached hydrogen (secondary N) is 2. The molecule has 4 rings (SSSR count). The minimum atomic E-state index is -0.412. The lowest BCUT2D eigenvalue weighted by atomic mass is 9.94. The van der Waals surface area contributed by atoms with E-state index in [0.29, 0.717) is 16.5 Å². The molecule has 1 aliphatic heterocycles. The first-order valence-electron chi connectivity index (χ1n) is 10.8. The van der Waals surface area contributed by atoms with Crippen LogP contribution in [0.1, 0.15) is 41.3 Å². The number of carbonyl (C=O) groups excluding carboxylic acids is 2. The maximum Gasteiger partial charge on any atom is 0.286 e. The third kappa shape index (κ3) is 5.76. The van der Waals surface area contributed by atoms with Crippen LogP contribution in [0.4, 0.5) is 4.79 Å². The minimum Gasteiger partial charge on any atom is -0.497 e. The predicted molar refractivity (Wildman–Crippen MR) is 138 cm³/mol. The zero-order valence-corrected chi connectivity index (χ0v) is 21.0. The molecule has 5 nitrogen and oxygen atoms in total. The van der Waals surface area contributed by atoms with Gasteiger partial charge in [0.05, 0.1) is 28.4 Å². The Balaban J connectivity index is 1.64. The van der Waals surface area contributed by atoms with E-state index in [2.05, 4.69) is 29.7 Å². The molecular formula is C26H24Cl2N2O3S. The zero-order valence-electron chi connectivity index (χ0n) is 18.7. The molecule has 3 aromatic carbocycles. The second kappa shape index (κ2) is 10.8. The Hall–Kier alpha value is -2.51. The van der Waals surface area contributed by atoms with Crippen molar-refractivity contribution >= 4 is 46.1 Å². The lowest BCUT2D eigenvalue weighted by Gasteiger charge is -2.26. The predicted octanol–water partition coefficient (Wildman–Crippen LogP) is 6.34. The number of hydrogen-bond donors (Lipinski definition) is 2. The third-order valence-electron chi connectivity index (χ3n) is 5.78. The number of benzene rings is 3. The topological polar surface area (TPSA) is 67.4 Å². The second-order valence-corrected chi connectivity index (χ2v) is 10.1. The first-order valence-corrected chi connectivity index (χ1v) is 12.4. The Kier molecular flexibility index (Phi) is 7.84. The van der Waals surface area contributed by atoms with E-state index in [0.717, 1.165) is 39.8 Å². The Morgan fingerprint density at radius 3 is 2.35 bits per heavy atom.